The number of carbonyl (C=O) groups excluding carboxylic acids is 1. The Morgan fingerprint density at radius 3 is 2.83 bits per heavy atom. The second-order valence-corrected chi connectivity index (χ2v) is 5.19. The van der Waals surface area contributed by atoms with Crippen LogP contribution in [0, 0.1) is 0 Å². The lowest BCUT2D eigenvalue weighted by atomic mass is 10.1. The molecule has 0 spiro atoms. The van der Waals surface area contributed by atoms with Crippen molar-refractivity contribution in [2.24, 2.45) is 0 Å². The van der Waals surface area contributed by atoms with Crippen LogP contribution in [0.4, 0.5) is 11.4 Å². The fraction of sp³-hybridized carbons (Fsp3) is 0.462. The molecule has 0 heterocycles. The molecule has 0 aromatic heterocycles. The fourth-order valence-electron chi connectivity index (χ4n) is 1.60. The number of hydrogen-bond acceptors (Lipinski definition) is 4. The molecule has 5 heteroatoms. The van der Waals surface area contributed by atoms with Crippen LogP contribution in [-0.4, -0.2) is 31.0 Å². The molecule has 0 aliphatic rings. The minimum atomic E-state index is -0.102. The Morgan fingerprint density at radius 2 is 2.22 bits per heavy atom. The van der Waals surface area contributed by atoms with Crippen molar-refractivity contribution in [3.05, 3.63) is 23.8 Å². The maximum Gasteiger partial charge on any atom is 0.251 e. The first-order chi connectivity index (χ1) is 8.58. The summed E-state index contributed by atoms with van der Waals surface area (Å²) < 4.78 is 0. The van der Waals surface area contributed by atoms with Gasteiger partial charge in [-0.1, -0.05) is 0 Å². The highest BCUT2D eigenvalue weighted by Crippen LogP contribution is 2.21. The summed E-state index contributed by atoms with van der Waals surface area (Å²) in [5.74, 6) is 0.998. The summed E-state index contributed by atoms with van der Waals surface area (Å²) in [7, 11) is 1.62. The van der Waals surface area contributed by atoms with Crippen molar-refractivity contribution in [1.82, 2.24) is 5.32 Å². The first kappa shape index (κ1) is 14.7. The highest BCUT2D eigenvalue weighted by atomic mass is 32.2. The molecular formula is C13H21N3OS. The zero-order valence-corrected chi connectivity index (χ0v) is 11.9. The number of benzene rings is 1. The third kappa shape index (κ3) is 4.14. The van der Waals surface area contributed by atoms with Gasteiger partial charge in [0.2, 0.25) is 0 Å². The van der Waals surface area contributed by atoms with E-state index in [1.165, 1.54) is 0 Å². The van der Waals surface area contributed by atoms with E-state index in [0.717, 1.165) is 17.9 Å². The van der Waals surface area contributed by atoms with Crippen LogP contribution in [0.5, 0.6) is 0 Å². The third-order valence-corrected chi connectivity index (χ3v) is 3.34. The minimum Gasteiger partial charge on any atom is -0.397 e. The van der Waals surface area contributed by atoms with Gasteiger partial charge in [-0.2, -0.15) is 11.8 Å². The molecule has 0 saturated carbocycles. The molecule has 0 aliphatic carbocycles. The lowest BCUT2D eigenvalue weighted by Gasteiger charge is -2.17. The number of thioether (sulfide) groups is 1. The van der Waals surface area contributed by atoms with Gasteiger partial charge in [0.25, 0.3) is 5.91 Å². The number of hydrogen-bond donors (Lipinski definition) is 3. The minimum absolute atomic E-state index is 0.102. The first-order valence-electron chi connectivity index (χ1n) is 5.95. The van der Waals surface area contributed by atoms with Crippen LogP contribution < -0.4 is 16.4 Å². The summed E-state index contributed by atoms with van der Waals surface area (Å²) in [6, 6.07) is 5.61. The van der Waals surface area contributed by atoms with Gasteiger partial charge in [-0.25, -0.2) is 0 Å². The van der Waals surface area contributed by atoms with E-state index in [0.29, 0.717) is 17.3 Å². The van der Waals surface area contributed by atoms with E-state index in [-0.39, 0.29) is 5.91 Å². The number of amides is 1. The normalized spacial score (nSPS) is 11.9. The summed E-state index contributed by atoms with van der Waals surface area (Å²) in [5.41, 5.74) is 8.01. The van der Waals surface area contributed by atoms with E-state index in [1.54, 1.807) is 25.2 Å². The molecule has 18 heavy (non-hydrogen) atoms. The third-order valence-electron chi connectivity index (χ3n) is 2.70. The smallest absolute Gasteiger partial charge is 0.251 e. The number of nitrogens with one attached hydrogen (secondary N) is 2. The first-order valence-corrected chi connectivity index (χ1v) is 7.35. The summed E-state index contributed by atoms with van der Waals surface area (Å²) in [5, 5.41) is 5.95. The maximum atomic E-state index is 11.6. The number of anilines is 2. The van der Waals surface area contributed by atoms with Crippen molar-refractivity contribution in [3.8, 4) is 0 Å². The molecule has 0 aliphatic heterocycles. The van der Waals surface area contributed by atoms with Crippen molar-refractivity contribution in [1.29, 1.82) is 0 Å². The van der Waals surface area contributed by atoms with Crippen LogP contribution >= 0.6 is 11.8 Å². The predicted octanol–water partition coefficient (Wildman–Crippen LogP) is 2.18. The van der Waals surface area contributed by atoms with E-state index in [1.807, 2.05) is 11.8 Å². The average Bonchev–Trinajstić information content (AvgIpc) is 2.38. The van der Waals surface area contributed by atoms with E-state index in [4.69, 9.17) is 5.73 Å². The Hall–Kier alpha value is -1.36. The molecule has 0 radical (unpaired) electrons. The van der Waals surface area contributed by atoms with Gasteiger partial charge in [0.05, 0.1) is 11.4 Å². The van der Waals surface area contributed by atoms with Crippen LogP contribution in [0.15, 0.2) is 18.2 Å². The molecule has 1 rings (SSSR count). The van der Waals surface area contributed by atoms with Gasteiger partial charge in [-0.15, -0.1) is 0 Å². The van der Waals surface area contributed by atoms with Crippen molar-refractivity contribution in [3.63, 3.8) is 0 Å². The Bertz CT molecular complexity index is 409. The molecule has 4 nitrogen and oxygen atoms in total. The highest BCUT2D eigenvalue weighted by Gasteiger charge is 2.09. The summed E-state index contributed by atoms with van der Waals surface area (Å²) >= 11 is 1.82. The van der Waals surface area contributed by atoms with Gasteiger partial charge in [0.15, 0.2) is 0 Å². The molecule has 1 aromatic carbocycles. The molecule has 1 amide bonds. The molecule has 1 atom stereocenters. The van der Waals surface area contributed by atoms with Gasteiger partial charge in [0, 0.05) is 18.7 Å². The van der Waals surface area contributed by atoms with Crippen molar-refractivity contribution >= 4 is 29.0 Å². The van der Waals surface area contributed by atoms with Gasteiger partial charge in [-0.3, -0.25) is 4.79 Å². The number of rotatable bonds is 6. The summed E-state index contributed by atoms with van der Waals surface area (Å²) in [6.45, 7) is 2.11. The zero-order valence-electron chi connectivity index (χ0n) is 11.1. The number of carbonyl (C=O) groups is 1. The molecule has 1 unspecified atom stereocenters. The SMILES string of the molecule is CNC(=O)c1ccc(N)c(NC(C)CCSC)c1. The molecule has 1 aromatic rings. The molecule has 100 valence electrons. The standard InChI is InChI=1S/C13H21N3OS/c1-9(6-7-18-3)16-12-8-10(13(17)15-2)4-5-11(12)14/h4-5,8-9,16H,6-7,14H2,1-3H3,(H,15,17). The monoisotopic (exact) mass is 267 g/mol. The van der Waals surface area contributed by atoms with Crippen molar-refractivity contribution in [2.45, 2.75) is 19.4 Å². The number of nitrogen functional groups attached to an aromatic ring is 1. The Labute approximate surface area is 113 Å². The van der Waals surface area contributed by atoms with Crippen LogP contribution in [0.1, 0.15) is 23.7 Å². The van der Waals surface area contributed by atoms with E-state index >= 15 is 0 Å². The molecule has 4 N–H and O–H groups in total. The average molecular weight is 267 g/mol. The van der Waals surface area contributed by atoms with Crippen LogP contribution in [-0.2, 0) is 0 Å². The van der Waals surface area contributed by atoms with E-state index in [9.17, 15) is 4.79 Å². The fourth-order valence-corrected chi connectivity index (χ4v) is 2.19. The topological polar surface area (TPSA) is 67.2 Å². The summed E-state index contributed by atoms with van der Waals surface area (Å²) in [6.07, 6.45) is 3.15. The van der Waals surface area contributed by atoms with Gasteiger partial charge in [0.1, 0.15) is 0 Å². The number of nitrogens with two attached hydrogens (primary N) is 1. The zero-order chi connectivity index (χ0) is 13.5. The van der Waals surface area contributed by atoms with Crippen LogP contribution in [0.3, 0.4) is 0 Å². The lowest BCUT2D eigenvalue weighted by Crippen LogP contribution is -2.20. The van der Waals surface area contributed by atoms with E-state index < -0.39 is 0 Å². The van der Waals surface area contributed by atoms with Crippen LogP contribution in [0.2, 0.25) is 0 Å². The van der Waals surface area contributed by atoms with E-state index in [2.05, 4.69) is 23.8 Å². The van der Waals surface area contributed by atoms with Crippen molar-refractivity contribution < 1.29 is 4.79 Å². The molecule has 0 bridgehead atoms. The van der Waals surface area contributed by atoms with Crippen LogP contribution in [0.25, 0.3) is 0 Å². The molecule has 0 fully saturated rings. The van der Waals surface area contributed by atoms with Gasteiger partial charge >= 0.3 is 0 Å². The van der Waals surface area contributed by atoms with Gasteiger partial charge < -0.3 is 16.4 Å². The quantitative estimate of drug-likeness (QED) is 0.691. The Kier molecular flexibility index (Phi) is 5.85. The summed E-state index contributed by atoms with van der Waals surface area (Å²) in [4.78, 5) is 11.6. The largest absolute Gasteiger partial charge is 0.397 e. The maximum absolute atomic E-state index is 11.6. The predicted molar refractivity (Wildman–Crippen MR) is 80.3 cm³/mol. The highest BCUT2D eigenvalue weighted by molar-refractivity contribution is 7.98. The molecular weight excluding hydrogens is 246 g/mol. The second-order valence-electron chi connectivity index (χ2n) is 4.21. The lowest BCUT2D eigenvalue weighted by molar-refractivity contribution is 0.0963. The van der Waals surface area contributed by atoms with Gasteiger partial charge in [-0.05, 0) is 43.6 Å². The second kappa shape index (κ2) is 7.16. The Balaban J connectivity index is 2.77. The Morgan fingerprint density at radius 1 is 1.50 bits per heavy atom. The molecule has 0 saturated heterocycles. The van der Waals surface area contributed by atoms with Crippen molar-refractivity contribution in [2.75, 3.05) is 30.1 Å².